The van der Waals surface area contributed by atoms with Gasteiger partial charge < -0.3 is 0 Å². The second-order valence-electron chi connectivity index (χ2n) is 3.30. The summed E-state index contributed by atoms with van der Waals surface area (Å²) in [5.74, 6) is -2.58. The number of hydrogen-bond acceptors (Lipinski definition) is 0. The van der Waals surface area contributed by atoms with Crippen molar-refractivity contribution in [2.75, 3.05) is 0 Å². The molecule has 0 aliphatic rings. The van der Waals surface area contributed by atoms with Crippen LogP contribution in [0.1, 0.15) is 24.8 Å². The topological polar surface area (TPSA) is 0 Å². The van der Waals surface area contributed by atoms with E-state index in [9.17, 15) is 17.6 Å². The molecule has 0 aliphatic heterocycles. The fraction of sp³-hybridized carbons (Fsp3) is 0.400. The third-order valence-electron chi connectivity index (χ3n) is 2.21. The van der Waals surface area contributed by atoms with Crippen molar-refractivity contribution in [3.05, 3.63) is 33.6 Å². The lowest BCUT2D eigenvalue weighted by Crippen LogP contribution is -2.20. The molecule has 1 aromatic rings. The minimum atomic E-state index is -4.39. The predicted molar refractivity (Wildman–Crippen MR) is 55.5 cm³/mol. The maximum atomic E-state index is 13.0. The molecule has 1 atom stereocenters. The van der Waals surface area contributed by atoms with E-state index in [-0.39, 0.29) is 12.0 Å². The molecule has 0 amide bonds. The van der Waals surface area contributed by atoms with Crippen LogP contribution in [0.4, 0.5) is 17.6 Å². The summed E-state index contributed by atoms with van der Waals surface area (Å²) in [6.45, 7) is 1.39. The Kier molecular flexibility index (Phi) is 4.07. The molecule has 0 N–H and O–H groups in total. The molecule has 0 radical (unpaired) electrons. The SMILES string of the molecule is CCC(c1cc(Cl)c(F)c(Cl)c1)C(F)(F)F. The van der Waals surface area contributed by atoms with E-state index in [0.29, 0.717) is 0 Å². The lowest BCUT2D eigenvalue weighted by Gasteiger charge is -2.19. The Morgan fingerprint density at radius 1 is 1.19 bits per heavy atom. The zero-order chi connectivity index (χ0) is 12.5. The summed E-state index contributed by atoms with van der Waals surface area (Å²) in [6, 6.07) is 1.93. The van der Waals surface area contributed by atoms with E-state index in [1.54, 1.807) is 0 Å². The van der Waals surface area contributed by atoms with Gasteiger partial charge in [-0.2, -0.15) is 13.2 Å². The van der Waals surface area contributed by atoms with E-state index in [0.717, 1.165) is 12.1 Å². The van der Waals surface area contributed by atoms with Crippen molar-refractivity contribution in [3.63, 3.8) is 0 Å². The van der Waals surface area contributed by atoms with Crippen LogP contribution in [0.2, 0.25) is 10.0 Å². The average molecular weight is 275 g/mol. The van der Waals surface area contributed by atoms with Gasteiger partial charge >= 0.3 is 6.18 Å². The molecule has 0 spiro atoms. The largest absolute Gasteiger partial charge is 0.395 e. The predicted octanol–water partition coefficient (Wildman–Crippen LogP) is 5.19. The van der Waals surface area contributed by atoms with Crippen molar-refractivity contribution >= 4 is 23.2 Å². The Morgan fingerprint density at radius 3 is 1.94 bits per heavy atom. The molecule has 0 heterocycles. The first-order valence-electron chi connectivity index (χ1n) is 4.48. The number of rotatable bonds is 2. The Balaban J connectivity index is 3.22. The van der Waals surface area contributed by atoms with Gasteiger partial charge in [0.25, 0.3) is 0 Å². The maximum Gasteiger partial charge on any atom is 0.395 e. The molecule has 6 heteroatoms. The first-order valence-corrected chi connectivity index (χ1v) is 5.24. The van der Waals surface area contributed by atoms with Crippen LogP contribution in [0.5, 0.6) is 0 Å². The minimum Gasteiger partial charge on any atom is -0.204 e. The second kappa shape index (κ2) is 4.80. The van der Waals surface area contributed by atoms with Gasteiger partial charge in [0.05, 0.1) is 16.0 Å². The molecule has 0 fully saturated rings. The van der Waals surface area contributed by atoms with Gasteiger partial charge in [-0.15, -0.1) is 0 Å². The molecule has 0 aromatic heterocycles. The molecule has 0 saturated carbocycles. The molecule has 90 valence electrons. The van der Waals surface area contributed by atoms with E-state index in [4.69, 9.17) is 23.2 Å². The fourth-order valence-corrected chi connectivity index (χ4v) is 1.94. The summed E-state index contributed by atoms with van der Waals surface area (Å²) in [4.78, 5) is 0. The van der Waals surface area contributed by atoms with Crippen molar-refractivity contribution in [3.8, 4) is 0 Å². The van der Waals surface area contributed by atoms with Crippen molar-refractivity contribution in [2.24, 2.45) is 0 Å². The maximum absolute atomic E-state index is 13.0. The van der Waals surface area contributed by atoms with Crippen LogP contribution in [0.15, 0.2) is 12.1 Å². The molecule has 1 rings (SSSR count). The van der Waals surface area contributed by atoms with Gasteiger partial charge in [-0.25, -0.2) is 4.39 Å². The van der Waals surface area contributed by atoms with Crippen LogP contribution < -0.4 is 0 Å². The van der Waals surface area contributed by atoms with Crippen LogP contribution >= 0.6 is 23.2 Å². The fourth-order valence-electron chi connectivity index (χ4n) is 1.43. The van der Waals surface area contributed by atoms with Gasteiger partial charge in [-0.1, -0.05) is 30.1 Å². The number of halogens is 6. The number of benzene rings is 1. The van der Waals surface area contributed by atoms with Gasteiger partial charge in [0.1, 0.15) is 0 Å². The summed E-state index contributed by atoms with van der Waals surface area (Å²) in [5.41, 5.74) is -0.119. The molecule has 16 heavy (non-hydrogen) atoms. The standard InChI is InChI=1S/C10H8Cl2F4/c1-2-6(10(14,15)16)5-3-7(11)9(13)8(12)4-5/h3-4,6H,2H2,1H3. The van der Waals surface area contributed by atoms with Gasteiger partial charge in [-0.3, -0.25) is 0 Å². The summed E-state index contributed by atoms with van der Waals surface area (Å²) in [6.07, 6.45) is -4.54. The van der Waals surface area contributed by atoms with Crippen molar-refractivity contribution in [2.45, 2.75) is 25.4 Å². The second-order valence-corrected chi connectivity index (χ2v) is 4.12. The van der Waals surface area contributed by atoms with Gasteiger partial charge in [0.15, 0.2) is 5.82 Å². The highest BCUT2D eigenvalue weighted by Crippen LogP contribution is 2.39. The molecular weight excluding hydrogens is 267 g/mol. The van der Waals surface area contributed by atoms with E-state index in [1.807, 2.05) is 0 Å². The van der Waals surface area contributed by atoms with Gasteiger partial charge in [0.2, 0.25) is 0 Å². The zero-order valence-electron chi connectivity index (χ0n) is 8.21. The molecule has 1 aromatic carbocycles. The van der Waals surface area contributed by atoms with E-state index >= 15 is 0 Å². The van der Waals surface area contributed by atoms with Crippen LogP contribution in [0, 0.1) is 5.82 Å². The lowest BCUT2D eigenvalue weighted by molar-refractivity contribution is -0.151. The van der Waals surface area contributed by atoms with Crippen LogP contribution in [-0.2, 0) is 0 Å². The molecule has 1 unspecified atom stereocenters. The summed E-state index contributed by atoms with van der Waals surface area (Å²) >= 11 is 10.9. The van der Waals surface area contributed by atoms with E-state index in [2.05, 4.69) is 0 Å². The van der Waals surface area contributed by atoms with Crippen LogP contribution in [0.25, 0.3) is 0 Å². The van der Waals surface area contributed by atoms with E-state index in [1.165, 1.54) is 6.92 Å². The van der Waals surface area contributed by atoms with Crippen molar-refractivity contribution < 1.29 is 17.6 Å². The third kappa shape index (κ3) is 2.80. The summed E-state index contributed by atoms with van der Waals surface area (Å²) in [5, 5.41) is -0.796. The Morgan fingerprint density at radius 2 is 1.62 bits per heavy atom. The molecule has 0 bridgehead atoms. The van der Waals surface area contributed by atoms with Crippen molar-refractivity contribution in [1.29, 1.82) is 0 Å². The zero-order valence-corrected chi connectivity index (χ0v) is 9.72. The van der Waals surface area contributed by atoms with Crippen LogP contribution in [0.3, 0.4) is 0 Å². The van der Waals surface area contributed by atoms with Crippen molar-refractivity contribution in [1.82, 2.24) is 0 Å². The monoisotopic (exact) mass is 274 g/mol. The lowest BCUT2D eigenvalue weighted by atomic mass is 9.96. The number of hydrogen-bond donors (Lipinski definition) is 0. The third-order valence-corrected chi connectivity index (χ3v) is 2.76. The number of alkyl halides is 3. The Hall–Kier alpha value is -0.480. The summed E-state index contributed by atoms with van der Waals surface area (Å²) in [7, 11) is 0. The normalized spacial score (nSPS) is 13.9. The Labute approximate surface area is 100 Å². The minimum absolute atomic E-state index is 0.119. The molecule has 0 nitrogen and oxygen atoms in total. The van der Waals surface area contributed by atoms with Crippen LogP contribution in [-0.4, -0.2) is 6.18 Å². The first kappa shape index (κ1) is 13.6. The highest BCUT2D eigenvalue weighted by atomic mass is 35.5. The van der Waals surface area contributed by atoms with Gasteiger partial charge in [-0.05, 0) is 24.1 Å². The van der Waals surface area contributed by atoms with E-state index < -0.39 is 28.0 Å². The first-order chi connectivity index (χ1) is 7.27. The highest BCUT2D eigenvalue weighted by Gasteiger charge is 2.39. The smallest absolute Gasteiger partial charge is 0.204 e. The average Bonchev–Trinajstić information content (AvgIpc) is 2.12. The molecule has 0 aliphatic carbocycles. The molecule has 0 saturated heterocycles. The molecular formula is C10H8Cl2F4. The quantitative estimate of drug-likeness (QED) is 0.514. The summed E-state index contributed by atoms with van der Waals surface area (Å²) < 4.78 is 50.8. The highest BCUT2D eigenvalue weighted by molar-refractivity contribution is 6.35. The Bertz CT molecular complexity index is 364. The van der Waals surface area contributed by atoms with Gasteiger partial charge in [0, 0.05) is 0 Å².